The zero-order valence-corrected chi connectivity index (χ0v) is 16.3. The van der Waals surface area contributed by atoms with Crippen molar-refractivity contribution in [2.75, 3.05) is 18.5 Å². The van der Waals surface area contributed by atoms with E-state index >= 15 is 0 Å². The number of carbonyl (C=O) groups is 2. The Balaban J connectivity index is 1.60. The zero-order chi connectivity index (χ0) is 19.9. The molecule has 2 aromatic rings. The summed E-state index contributed by atoms with van der Waals surface area (Å²) in [6.07, 6.45) is 1.72. The fraction of sp³-hybridized carbons (Fsp3) is 0.364. The van der Waals surface area contributed by atoms with Gasteiger partial charge in [-0.15, -0.1) is 0 Å². The van der Waals surface area contributed by atoms with E-state index in [2.05, 4.69) is 10.6 Å². The lowest BCUT2D eigenvalue weighted by Crippen LogP contribution is -2.32. The van der Waals surface area contributed by atoms with Crippen molar-refractivity contribution in [2.45, 2.75) is 39.2 Å². The van der Waals surface area contributed by atoms with E-state index in [-0.39, 0.29) is 17.9 Å². The first-order valence-corrected chi connectivity index (χ1v) is 9.65. The van der Waals surface area contributed by atoms with E-state index in [9.17, 15) is 9.59 Å². The lowest BCUT2D eigenvalue weighted by atomic mass is 10.1. The van der Waals surface area contributed by atoms with E-state index in [1.54, 1.807) is 24.3 Å². The quantitative estimate of drug-likeness (QED) is 0.768. The Labute approximate surface area is 165 Å². The minimum absolute atomic E-state index is 0.0754. The molecule has 6 nitrogen and oxygen atoms in total. The van der Waals surface area contributed by atoms with Gasteiger partial charge in [-0.25, -0.2) is 0 Å². The van der Waals surface area contributed by atoms with Gasteiger partial charge in [0.25, 0.3) is 5.91 Å². The average molecular weight is 382 g/mol. The molecule has 0 unspecified atom stereocenters. The molecule has 0 saturated heterocycles. The van der Waals surface area contributed by atoms with Crippen LogP contribution >= 0.6 is 0 Å². The Kier molecular flexibility index (Phi) is 6.53. The van der Waals surface area contributed by atoms with Gasteiger partial charge in [-0.2, -0.15) is 0 Å². The van der Waals surface area contributed by atoms with Gasteiger partial charge in [0.2, 0.25) is 5.91 Å². The van der Waals surface area contributed by atoms with E-state index in [4.69, 9.17) is 9.47 Å². The van der Waals surface area contributed by atoms with Crippen LogP contribution in [0.25, 0.3) is 0 Å². The van der Waals surface area contributed by atoms with Gasteiger partial charge in [-0.05, 0) is 49.6 Å². The molecule has 0 bridgehead atoms. The molecule has 0 aliphatic carbocycles. The van der Waals surface area contributed by atoms with Crippen LogP contribution in [0.2, 0.25) is 0 Å². The maximum Gasteiger partial charge on any atom is 0.253 e. The number of fused-ring (bicyclic) bond motifs is 1. The molecule has 148 valence electrons. The Bertz CT molecular complexity index is 850. The third-order valence-corrected chi connectivity index (χ3v) is 4.68. The maximum absolute atomic E-state index is 12.4. The fourth-order valence-corrected chi connectivity index (χ4v) is 2.91. The number of ether oxygens (including phenoxy) is 2. The van der Waals surface area contributed by atoms with Crippen LogP contribution in [-0.4, -0.2) is 31.1 Å². The van der Waals surface area contributed by atoms with E-state index in [1.165, 1.54) is 0 Å². The van der Waals surface area contributed by atoms with Crippen LogP contribution in [0.15, 0.2) is 42.5 Å². The molecule has 0 saturated carbocycles. The molecule has 6 heteroatoms. The molecule has 0 aromatic heterocycles. The number of para-hydroxylation sites is 1. The summed E-state index contributed by atoms with van der Waals surface area (Å²) in [5.41, 5.74) is 1.99. The molecule has 2 amide bonds. The van der Waals surface area contributed by atoms with Gasteiger partial charge in [-0.1, -0.05) is 25.1 Å². The number of hydrogen-bond donors (Lipinski definition) is 2. The Morgan fingerprint density at radius 1 is 1.07 bits per heavy atom. The summed E-state index contributed by atoms with van der Waals surface area (Å²) < 4.78 is 11.1. The highest BCUT2D eigenvalue weighted by atomic mass is 16.6. The molecule has 3 rings (SSSR count). The highest BCUT2D eigenvalue weighted by molar-refractivity contribution is 6.03. The molecule has 2 aromatic carbocycles. The van der Waals surface area contributed by atoms with Gasteiger partial charge < -0.3 is 20.1 Å². The molecule has 1 aliphatic heterocycles. The van der Waals surface area contributed by atoms with Crippen molar-refractivity contribution in [1.29, 1.82) is 0 Å². The first kappa shape index (κ1) is 19.7. The van der Waals surface area contributed by atoms with Gasteiger partial charge in [0.1, 0.15) is 13.2 Å². The van der Waals surface area contributed by atoms with Crippen LogP contribution < -0.4 is 20.1 Å². The van der Waals surface area contributed by atoms with E-state index in [1.807, 2.05) is 32.0 Å². The van der Waals surface area contributed by atoms with Gasteiger partial charge in [0, 0.05) is 12.5 Å². The number of aryl methyl sites for hydroxylation is 1. The number of carbonyl (C=O) groups excluding carboxylic acids is 2. The van der Waals surface area contributed by atoms with Crippen LogP contribution in [-0.2, 0) is 11.2 Å². The van der Waals surface area contributed by atoms with Gasteiger partial charge in [-0.3, -0.25) is 9.59 Å². The van der Waals surface area contributed by atoms with Gasteiger partial charge in [0.15, 0.2) is 11.5 Å². The summed E-state index contributed by atoms with van der Waals surface area (Å²) in [6.45, 7) is 5.05. The summed E-state index contributed by atoms with van der Waals surface area (Å²) in [5.74, 6) is 1.13. The summed E-state index contributed by atoms with van der Waals surface area (Å²) in [5, 5.41) is 5.79. The molecule has 1 atom stereocenters. The summed E-state index contributed by atoms with van der Waals surface area (Å²) in [4.78, 5) is 24.9. The first-order chi connectivity index (χ1) is 13.6. The molecule has 0 radical (unpaired) electrons. The normalized spacial score (nSPS) is 13.5. The average Bonchev–Trinajstić information content (AvgIpc) is 2.72. The van der Waals surface area contributed by atoms with Gasteiger partial charge >= 0.3 is 0 Å². The van der Waals surface area contributed by atoms with E-state index in [0.717, 1.165) is 23.5 Å². The smallest absolute Gasteiger partial charge is 0.253 e. The van der Waals surface area contributed by atoms with E-state index < -0.39 is 0 Å². The topological polar surface area (TPSA) is 76.7 Å². The monoisotopic (exact) mass is 382 g/mol. The minimum atomic E-state index is -0.183. The van der Waals surface area contributed by atoms with Crippen molar-refractivity contribution >= 4 is 17.5 Å². The standard InChI is InChI=1S/C22H26N2O4/c1-3-15(2)23-22(26)17-6-4-5-7-18(17)24-21(25)11-9-16-8-10-19-20(14-16)28-13-12-27-19/h4-8,10,14-15H,3,9,11-13H2,1-2H3,(H,23,26)(H,24,25)/t15-/m0/s1. The third kappa shape index (κ3) is 5.03. The fourth-order valence-electron chi connectivity index (χ4n) is 2.91. The Hall–Kier alpha value is -3.02. The van der Waals surface area contributed by atoms with Crippen LogP contribution in [0.4, 0.5) is 5.69 Å². The molecule has 1 heterocycles. The van der Waals surface area contributed by atoms with Crippen LogP contribution in [0.3, 0.4) is 0 Å². The van der Waals surface area contributed by atoms with Gasteiger partial charge in [0.05, 0.1) is 11.3 Å². The molecule has 2 N–H and O–H groups in total. The molecule has 0 fully saturated rings. The number of nitrogens with one attached hydrogen (secondary N) is 2. The highest BCUT2D eigenvalue weighted by Gasteiger charge is 2.15. The summed E-state index contributed by atoms with van der Waals surface area (Å²) in [6, 6.07) is 12.8. The first-order valence-electron chi connectivity index (χ1n) is 9.65. The number of anilines is 1. The second kappa shape index (κ2) is 9.26. The Morgan fingerprint density at radius 2 is 1.82 bits per heavy atom. The summed E-state index contributed by atoms with van der Waals surface area (Å²) in [7, 11) is 0. The SMILES string of the molecule is CC[C@H](C)NC(=O)c1ccccc1NC(=O)CCc1ccc2c(c1)OCCO2. The number of hydrogen-bond acceptors (Lipinski definition) is 4. The predicted molar refractivity (Wildman–Crippen MR) is 108 cm³/mol. The molecule has 1 aliphatic rings. The molecule has 28 heavy (non-hydrogen) atoms. The maximum atomic E-state index is 12.4. The predicted octanol–water partition coefficient (Wildman–Crippen LogP) is 3.56. The molecular formula is C22H26N2O4. The number of benzene rings is 2. The lowest BCUT2D eigenvalue weighted by molar-refractivity contribution is -0.116. The highest BCUT2D eigenvalue weighted by Crippen LogP contribution is 2.31. The van der Waals surface area contributed by atoms with Crippen molar-refractivity contribution in [2.24, 2.45) is 0 Å². The van der Waals surface area contributed by atoms with Crippen molar-refractivity contribution in [3.8, 4) is 11.5 Å². The largest absolute Gasteiger partial charge is 0.486 e. The summed E-state index contributed by atoms with van der Waals surface area (Å²) >= 11 is 0. The van der Waals surface area contributed by atoms with Crippen LogP contribution in [0, 0.1) is 0 Å². The third-order valence-electron chi connectivity index (χ3n) is 4.68. The van der Waals surface area contributed by atoms with Crippen LogP contribution in [0.1, 0.15) is 42.6 Å². The number of amides is 2. The number of rotatable bonds is 7. The van der Waals surface area contributed by atoms with Crippen molar-refractivity contribution in [3.63, 3.8) is 0 Å². The lowest BCUT2D eigenvalue weighted by Gasteiger charge is -2.18. The van der Waals surface area contributed by atoms with Crippen molar-refractivity contribution < 1.29 is 19.1 Å². The second-order valence-electron chi connectivity index (χ2n) is 6.85. The minimum Gasteiger partial charge on any atom is -0.486 e. The van der Waals surface area contributed by atoms with Crippen molar-refractivity contribution in [3.05, 3.63) is 53.6 Å². The second-order valence-corrected chi connectivity index (χ2v) is 6.85. The zero-order valence-electron chi connectivity index (χ0n) is 16.3. The Morgan fingerprint density at radius 3 is 2.61 bits per heavy atom. The van der Waals surface area contributed by atoms with Crippen LogP contribution in [0.5, 0.6) is 11.5 Å². The molecular weight excluding hydrogens is 356 g/mol. The van der Waals surface area contributed by atoms with Crippen molar-refractivity contribution in [1.82, 2.24) is 5.32 Å². The molecule has 0 spiro atoms. The van der Waals surface area contributed by atoms with E-state index in [0.29, 0.717) is 37.3 Å².